The fourth-order valence-corrected chi connectivity index (χ4v) is 3.33. The van der Waals surface area contributed by atoms with Crippen molar-refractivity contribution in [2.75, 3.05) is 0 Å². The number of nitrogens with zero attached hydrogens (tertiary/aromatic N) is 5. The van der Waals surface area contributed by atoms with E-state index in [9.17, 15) is 0 Å². The average molecular weight is 388 g/mol. The highest BCUT2D eigenvalue weighted by Gasteiger charge is 2.15. The van der Waals surface area contributed by atoms with Crippen LogP contribution < -0.4 is 4.74 Å². The average Bonchev–Trinajstić information content (AvgIpc) is 3.15. The van der Waals surface area contributed by atoms with Crippen molar-refractivity contribution in [3.8, 4) is 17.3 Å². The molecule has 0 radical (unpaired) electrons. The van der Waals surface area contributed by atoms with Crippen LogP contribution in [-0.2, 0) is 0 Å². The molecule has 0 fully saturated rings. The van der Waals surface area contributed by atoms with Gasteiger partial charge in [0.05, 0.1) is 11.9 Å². The molecule has 136 valence electrons. The van der Waals surface area contributed by atoms with Crippen molar-refractivity contribution in [3.63, 3.8) is 0 Å². The third-order valence-electron chi connectivity index (χ3n) is 4.51. The summed E-state index contributed by atoms with van der Waals surface area (Å²) in [5, 5.41) is 6.79. The monoisotopic (exact) mass is 387 g/mol. The fraction of sp³-hybridized carbons (Fsp3) is 0.0476. The molecular weight excluding hydrogens is 374 g/mol. The Kier molecular flexibility index (Phi) is 3.91. The van der Waals surface area contributed by atoms with Crippen molar-refractivity contribution in [1.82, 2.24) is 24.7 Å². The lowest BCUT2D eigenvalue weighted by Crippen LogP contribution is -1.99. The summed E-state index contributed by atoms with van der Waals surface area (Å²) < 4.78 is 7.93. The molecule has 0 aliphatic carbocycles. The number of halogens is 1. The largest absolute Gasteiger partial charge is 0.436 e. The molecule has 0 aliphatic rings. The van der Waals surface area contributed by atoms with Gasteiger partial charge in [-0.2, -0.15) is 5.10 Å². The van der Waals surface area contributed by atoms with Crippen LogP contribution in [0.2, 0.25) is 5.02 Å². The van der Waals surface area contributed by atoms with Gasteiger partial charge in [-0.15, -0.1) is 0 Å². The van der Waals surface area contributed by atoms with Gasteiger partial charge in [-0.05, 0) is 36.8 Å². The van der Waals surface area contributed by atoms with Gasteiger partial charge >= 0.3 is 0 Å². The van der Waals surface area contributed by atoms with Crippen LogP contribution in [0.4, 0.5) is 0 Å². The van der Waals surface area contributed by atoms with Gasteiger partial charge in [0.1, 0.15) is 17.2 Å². The minimum atomic E-state index is 0.430. The zero-order valence-electron chi connectivity index (χ0n) is 14.9. The second-order valence-corrected chi connectivity index (χ2v) is 6.78. The van der Waals surface area contributed by atoms with Crippen molar-refractivity contribution in [2.24, 2.45) is 0 Å². The van der Waals surface area contributed by atoms with Crippen molar-refractivity contribution in [1.29, 1.82) is 0 Å². The molecule has 7 heteroatoms. The van der Waals surface area contributed by atoms with Crippen LogP contribution in [0.1, 0.15) is 5.56 Å². The number of benzene rings is 2. The number of pyridine rings is 1. The van der Waals surface area contributed by atoms with Crippen LogP contribution in [0.3, 0.4) is 0 Å². The molecule has 0 amide bonds. The van der Waals surface area contributed by atoms with E-state index in [2.05, 4.69) is 20.1 Å². The van der Waals surface area contributed by atoms with Crippen LogP contribution in [0.15, 0.2) is 67.3 Å². The van der Waals surface area contributed by atoms with Crippen molar-refractivity contribution in [2.45, 2.75) is 6.92 Å². The van der Waals surface area contributed by atoms with E-state index in [1.165, 1.54) is 6.33 Å². The maximum atomic E-state index is 6.22. The maximum absolute atomic E-state index is 6.22. The molecule has 0 aliphatic heterocycles. The smallest absolute Gasteiger partial charge is 0.233 e. The number of ether oxygens (including phenoxy) is 1. The molecule has 0 spiro atoms. The number of hydrogen-bond donors (Lipinski definition) is 0. The van der Waals surface area contributed by atoms with Gasteiger partial charge in [-0.1, -0.05) is 35.9 Å². The summed E-state index contributed by atoms with van der Waals surface area (Å²) in [5.74, 6) is 1.10. The van der Waals surface area contributed by atoms with Crippen LogP contribution >= 0.6 is 11.6 Å². The molecule has 5 aromatic rings. The van der Waals surface area contributed by atoms with Crippen LogP contribution in [-0.4, -0.2) is 24.7 Å². The first kappa shape index (κ1) is 16.6. The van der Waals surface area contributed by atoms with Crippen LogP contribution in [0, 0.1) is 6.92 Å². The minimum Gasteiger partial charge on any atom is -0.436 e. The van der Waals surface area contributed by atoms with E-state index >= 15 is 0 Å². The Bertz CT molecular complexity index is 1330. The molecule has 6 nitrogen and oxygen atoms in total. The highest BCUT2D eigenvalue weighted by atomic mass is 35.5. The minimum absolute atomic E-state index is 0.430. The lowest BCUT2D eigenvalue weighted by Gasteiger charge is -2.11. The quantitative estimate of drug-likeness (QED) is 0.430. The van der Waals surface area contributed by atoms with Crippen molar-refractivity contribution in [3.05, 3.63) is 77.8 Å². The summed E-state index contributed by atoms with van der Waals surface area (Å²) in [6.45, 7) is 1.98. The van der Waals surface area contributed by atoms with E-state index < -0.39 is 0 Å². The maximum Gasteiger partial charge on any atom is 0.233 e. The normalized spacial score (nSPS) is 11.2. The second-order valence-electron chi connectivity index (χ2n) is 6.34. The Balaban J connectivity index is 1.65. The zero-order valence-corrected chi connectivity index (χ0v) is 15.6. The molecule has 28 heavy (non-hydrogen) atoms. The van der Waals surface area contributed by atoms with E-state index in [0.29, 0.717) is 27.7 Å². The van der Waals surface area contributed by atoms with Crippen molar-refractivity contribution < 1.29 is 4.74 Å². The molecule has 0 bridgehead atoms. The van der Waals surface area contributed by atoms with E-state index in [4.69, 9.17) is 16.3 Å². The van der Waals surface area contributed by atoms with Gasteiger partial charge in [-0.3, -0.25) is 4.98 Å². The summed E-state index contributed by atoms with van der Waals surface area (Å²) in [5.41, 5.74) is 3.21. The Morgan fingerprint density at radius 3 is 2.82 bits per heavy atom. The Morgan fingerprint density at radius 1 is 1.00 bits per heavy atom. The molecule has 0 unspecified atom stereocenters. The van der Waals surface area contributed by atoms with E-state index in [1.54, 1.807) is 17.1 Å². The molecule has 0 saturated carbocycles. The lowest BCUT2D eigenvalue weighted by atomic mass is 10.1. The van der Waals surface area contributed by atoms with Gasteiger partial charge in [-0.25, -0.2) is 14.6 Å². The first-order valence-electron chi connectivity index (χ1n) is 8.67. The van der Waals surface area contributed by atoms with E-state index in [0.717, 1.165) is 22.2 Å². The predicted molar refractivity (Wildman–Crippen MR) is 108 cm³/mol. The number of hydrogen-bond acceptors (Lipinski definition) is 5. The van der Waals surface area contributed by atoms with Crippen LogP contribution in [0.5, 0.6) is 11.6 Å². The van der Waals surface area contributed by atoms with Gasteiger partial charge < -0.3 is 4.74 Å². The second kappa shape index (κ2) is 6.58. The van der Waals surface area contributed by atoms with Gasteiger partial charge in [0.25, 0.3) is 0 Å². The van der Waals surface area contributed by atoms with Gasteiger partial charge in [0, 0.05) is 16.6 Å². The Morgan fingerprint density at radius 2 is 1.93 bits per heavy atom. The summed E-state index contributed by atoms with van der Waals surface area (Å²) in [6.07, 6.45) is 4.91. The molecule has 0 N–H and O–H groups in total. The SMILES string of the molecule is Cc1ccc2cccnc2c1Oc1ncnc2c1cnn2-c1cccc(Cl)c1. The van der Waals surface area contributed by atoms with Gasteiger partial charge in [0.2, 0.25) is 5.88 Å². The fourth-order valence-electron chi connectivity index (χ4n) is 3.15. The number of rotatable bonds is 3. The molecule has 2 aromatic carbocycles. The summed E-state index contributed by atoms with van der Waals surface area (Å²) in [7, 11) is 0. The molecule has 0 atom stereocenters. The standard InChI is InChI=1S/C21H14ClN5O/c1-13-7-8-14-4-3-9-23-18(14)19(13)28-21-17-11-26-27(20(17)24-12-25-21)16-6-2-5-15(22)10-16/h2-12H,1H3. The summed E-state index contributed by atoms with van der Waals surface area (Å²) in [6, 6.07) is 15.4. The number of aryl methyl sites for hydroxylation is 1. The third kappa shape index (κ3) is 2.75. The first-order chi connectivity index (χ1) is 13.7. The van der Waals surface area contributed by atoms with Gasteiger partial charge in [0.15, 0.2) is 11.4 Å². The van der Waals surface area contributed by atoms with Crippen molar-refractivity contribution >= 4 is 33.5 Å². The Labute approximate surface area is 165 Å². The van der Waals surface area contributed by atoms with E-state index in [1.807, 2.05) is 55.5 Å². The number of fused-ring (bicyclic) bond motifs is 2. The zero-order chi connectivity index (χ0) is 19.1. The Hall–Kier alpha value is -3.51. The molecule has 3 aromatic heterocycles. The molecule has 0 saturated heterocycles. The lowest BCUT2D eigenvalue weighted by molar-refractivity contribution is 0.469. The number of aromatic nitrogens is 5. The first-order valence-corrected chi connectivity index (χ1v) is 9.05. The summed E-state index contributed by atoms with van der Waals surface area (Å²) in [4.78, 5) is 13.2. The molecular formula is C21H14ClN5O. The third-order valence-corrected chi connectivity index (χ3v) is 4.74. The summed E-state index contributed by atoms with van der Waals surface area (Å²) >= 11 is 6.12. The van der Waals surface area contributed by atoms with E-state index in [-0.39, 0.29) is 0 Å². The predicted octanol–water partition coefficient (Wildman–Crippen LogP) is 5.12. The highest BCUT2D eigenvalue weighted by molar-refractivity contribution is 6.30. The van der Waals surface area contributed by atoms with Crippen LogP contribution in [0.25, 0.3) is 27.6 Å². The molecule has 3 heterocycles. The highest BCUT2D eigenvalue weighted by Crippen LogP contribution is 2.34. The topological polar surface area (TPSA) is 65.7 Å². The molecule has 5 rings (SSSR count).